The minimum absolute atomic E-state index is 0.00495. The predicted octanol–water partition coefficient (Wildman–Crippen LogP) is 2.33. The van der Waals surface area contributed by atoms with E-state index in [0.717, 1.165) is 0 Å². The lowest BCUT2D eigenvalue weighted by molar-refractivity contribution is 1.34. The predicted molar refractivity (Wildman–Crippen MR) is 54.1 cm³/mol. The molecule has 0 unspecified atom stereocenters. The van der Waals surface area contributed by atoms with Crippen molar-refractivity contribution < 1.29 is 6.85 Å². The number of hydrogen-bond acceptors (Lipinski definition) is 2. The fraction of sp³-hybridized carbons (Fsp3) is 0. The molecule has 0 bridgehead atoms. The Hall–Kier alpha value is -1.83. The third kappa shape index (κ3) is 1.67. The van der Waals surface area contributed by atoms with Gasteiger partial charge in [0, 0.05) is 11.7 Å². The average Bonchev–Trinajstić information content (AvgIpc) is 2.32. The fourth-order valence-electron chi connectivity index (χ4n) is 0.925. The number of nitrogens with two attached hydrogens (primary N) is 1. The van der Waals surface area contributed by atoms with Gasteiger partial charge in [-0.25, -0.2) is 4.98 Å². The first-order chi connectivity index (χ1) is 8.43. The maximum Gasteiger partial charge on any atom is 0.123 e. The lowest BCUT2D eigenvalue weighted by Gasteiger charge is -1.99. The smallest absolute Gasteiger partial charge is 0.123 e. The van der Waals surface area contributed by atoms with Crippen molar-refractivity contribution in [2.75, 3.05) is 5.73 Å². The molecule has 0 atom stereocenters. The first-order valence-corrected chi connectivity index (χ1v) is 3.73. The van der Waals surface area contributed by atoms with Crippen LogP contribution in [0.1, 0.15) is 6.85 Å². The molecule has 1 heterocycles. The zero-order valence-electron chi connectivity index (χ0n) is 11.8. The summed E-state index contributed by atoms with van der Waals surface area (Å²) < 4.78 is 38.4. The molecule has 2 rings (SSSR count). The van der Waals surface area contributed by atoms with E-state index in [1.54, 1.807) is 6.07 Å². The summed E-state index contributed by atoms with van der Waals surface area (Å²) in [6.45, 7) is 0. The van der Waals surface area contributed by atoms with Crippen molar-refractivity contribution in [3.8, 4) is 11.1 Å². The van der Waals surface area contributed by atoms with Crippen LogP contribution in [0, 0.1) is 0 Å². The number of pyridine rings is 1. The van der Waals surface area contributed by atoms with Crippen LogP contribution >= 0.6 is 0 Å². The molecule has 0 aliphatic rings. The molecular weight excluding hydrogens is 160 g/mol. The van der Waals surface area contributed by atoms with Gasteiger partial charge in [-0.05, 0) is 17.6 Å². The maximum absolute atomic E-state index is 7.81. The molecule has 0 radical (unpaired) electrons. The molecule has 64 valence electrons. The topological polar surface area (TPSA) is 38.9 Å². The van der Waals surface area contributed by atoms with Crippen LogP contribution in [0.3, 0.4) is 0 Å². The second kappa shape index (κ2) is 3.27. The van der Waals surface area contributed by atoms with E-state index in [2.05, 4.69) is 4.98 Å². The first kappa shape index (κ1) is 3.92. The van der Waals surface area contributed by atoms with Crippen molar-refractivity contribution in [1.29, 1.82) is 0 Å². The van der Waals surface area contributed by atoms with Gasteiger partial charge < -0.3 is 5.73 Å². The molecular formula is C11H10N2. The highest BCUT2D eigenvalue weighted by Crippen LogP contribution is 2.17. The first-order valence-electron chi connectivity index (χ1n) is 6.23. The number of nitrogens with zero attached hydrogens (tertiary/aromatic N) is 1. The Kier molecular flexibility index (Phi) is 0.986. The highest BCUT2D eigenvalue weighted by atomic mass is 14.8. The Morgan fingerprint density at radius 1 is 1.15 bits per heavy atom. The monoisotopic (exact) mass is 175 g/mol. The minimum Gasteiger partial charge on any atom is -0.384 e. The Morgan fingerprint density at radius 3 is 3.00 bits per heavy atom. The van der Waals surface area contributed by atoms with E-state index >= 15 is 0 Å². The van der Waals surface area contributed by atoms with Crippen molar-refractivity contribution in [2.45, 2.75) is 0 Å². The van der Waals surface area contributed by atoms with Crippen LogP contribution in [0.15, 0.2) is 48.5 Å². The highest BCUT2D eigenvalue weighted by molar-refractivity contribution is 5.63. The van der Waals surface area contributed by atoms with Crippen molar-refractivity contribution in [1.82, 2.24) is 4.98 Å². The normalized spacial score (nSPS) is 15.2. The van der Waals surface area contributed by atoms with Gasteiger partial charge in [0.25, 0.3) is 0 Å². The number of nitrogen functional groups attached to an aromatic ring is 1. The van der Waals surface area contributed by atoms with Crippen LogP contribution < -0.4 is 5.73 Å². The molecule has 2 nitrogen and oxygen atoms in total. The van der Waals surface area contributed by atoms with Crippen LogP contribution in [-0.4, -0.2) is 4.98 Å². The van der Waals surface area contributed by atoms with E-state index in [1.165, 1.54) is 12.1 Å². The van der Waals surface area contributed by atoms with Gasteiger partial charge in [0.2, 0.25) is 0 Å². The fourth-order valence-corrected chi connectivity index (χ4v) is 0.925. The largest absolute Gasteiger partial charge is 0.384 e. The summed E-state index contributed by atoms with van der Waals surface area (Å²) in [4.78, 5) is 3.67. The van der Waals surface area contributed by atoms with Gasteiger partial charge in [0.1, 0.15) is 5.82 Å². The molecule has 0 saturated carbocycles. The molecule has 13 heavy (non-hydrogen) atoms. The summed E-state index contributed by atoms with van der Waals surface area (Å²) >= 11 is 0. The molecule has 2 N–H and O–H groups in total. The third-order valence-corrected chi connectivity index (χ3v) is 1.52. The SMILES string of the molecule is [2H]c1cccc(-c2c([2H])nc(N)c([2H])c2[2H])c1[2H]. The van der Waals surface area contributed by atoms with Gasteiger partial charge in [-0.15, -0.1) is 0 Å². The summed E-state index contributed by atoms with van der Waals surface area (Å²) in [5, 5.41) is 0. The van der Waals surface area contributed by atoms with E-state index in [1.807, 2.05) is 0 Å². The van der Waals surface area contributed by atoms with E-state index in [4.69, 9.17) is 12.6 Å². The molecule has 0 aliphatic heterocycles. The van der Waals surface area contributed by atoms with E-state index in [0.29, 0.717) is 0 Å². The Morgan fingerprint density at radius 2 is 2.08 bits per heavy atom. The summed E-state index contributed by atoms with van der Waals surface area (Å²) in [6.07, 6.45) is -0.257. The molecule has 1 aromatic heterocycles. The number of aromatic nitrogens is 1. The standard InChI is InChI=1S/C11H10N2/c12-11-7-6-10(8-13-11)9-4-2-1-3-5-9/h1-8H,(H2,12,13)/i2D,4D,6D,7D,8D. The number of hydrogen-bond donors (Lipinski definition) is 1. The zero-order chi connectivity index (χ0) is 13.4. The van der Waals surface area contributed by atoms with E-state index < -0.39 is 0 Å². The molecule has 0 amide bonds. The Bertz CT molecular complexity index is 627. The molecule has 0 fully saturated rings. The lowest BCUT2D eigenvalue weighted by Crippen LogP contribution is -1.88. The van der Waals surface area contributed by atoms with E-state index in [9.17, 15) is 0 Å². The van der Waals surface area contributed by atoms with Gasteiger partial charge in [-0.1, -0.05) is 30.3 Å². The van der Waals surface area contributed by atoms with Crippen LogP contribution in [0.5, 0.6) is 0 Å². The summed E-state index contributed by atoms with van der Waals surface area (Å²) in [5.74, 6) is -0.178. The minimum atomic E-state index is -0.268. The molecule has 1 aromatic carbocycles. The van der Waals surface area contributed by atoms with E-state index in [-0.39, 0.29) is 47.3 Å². The molecule has 2 aromatic rings. The third-order valence-electron chi connectivity index (χ3n) is 1.52. The Balaban J connectivity index is 2.80. The number of rotatable bonds is 1. The quantitative estimate of drug-likeness (QED) is 0.722. The molecule has 0 aliphatic carbocycles. The van der Waals surface area contributed by atoms with Gasteiger partial charge in [-0.3, -0.25) is 0 Å². The number of anilines is 1. The van der Waals surface area contributed by atoms with Gasteiger partial charge in [0.15, 0.2) is 0 Å². The zero-order valence-corrected chi connectivity index (χ0v) is 6.76. The number of benzene rings is 1. The van der Waals surface area contributed by atoms with Crippen LogP contribution in [0.4, 0.5) is 5.82 Å². The van der Waals surface area contributed by atoms with Gasteiger partial charge >= 0.3 is 0 Å². The highest BCUT2D eigenvalue weighted by Gasteiger charge is 1.95. The van der Waals surface area contributed by atoms with Crippen LogP contribution in [0.25, 0.3) is 11.1 Å². The second-order valence-electron chi connectivity index (χ2n) is 2.44. The van der Waals surface area contributed by atoms with Crippen molar-refractivity contribution in [3.05, 3.63) is 48.5 Å². The summed E-state index contributed by atoms with van der Waals surface area (Å²) in [7, 11) is 0. The second-order valence-corrected chi connectivity index (χ2v) is 2.44. The average molecular weight is 175 g/mol. The molecule has 2 heteroatoms. The van der Waals surface area contributed by atoms with Crippen LogP contribution in [-0.2, 0) is 0 Å². The lowest BCUT2D eigenvalue weighted by atomic mass is 10.1. The Labute approximate surface area is 84.1 Å². The molecule has 0 saturated heterocycles. The van der Waals surface area contributed by atoms with Crippen molar-refractivity contribution in [3.63, 3.8) is 0 Å². The van der Waals surface area contributed by atoms with Gasteiger partial charge in [0.05, 0.1) is 6.85 Å². The molecule has 0 spiro atoms. The maximum atomic E-state index is 7.81. The van der Waals surface area contributed by atoms with Crippen molar-refractivity contribution >= 4 is 5.82 Å². The van der Waals surface area contributed by atoms with Crippen LogP contribution in [0.2, 0.25) is 0 Å². The summed E-state index contributed by atoms with van der Waals surface area (Å²) in [5.41, 5.74) is 5.73. The van der Waals surface area contributed by atoms with Crippen molar-refractivity contribution in [2.24, 2.45) is 0 Å². The van der Waals surface area contributed by atoms with Gasteiger partial charge in [-0.2, -0.15) is 0 Å². The summed E-state index contributed by atoms with van der Waals surface area (Å²) in [6, 6.07) is 3.94.